The lowest BCUT2D eigenvalue weighted by Gasteiger charge is -2.02. The van der Waals surface area contributed by atoms with Gasteiger partial charge >= 0.3 is 0 Å². The maximum atomic E-state index is 10.6. The minimum atomic E-state index is -0.744. The second-order valence-electron chi connectivity index (χ2n) is 1.83. The summed E-state index contributed by atoms with van der Waals surface area (Å²) in [5.41, 5.74) is 4.80. The van der Waals surface area contributed by atoms with Gasteiger partial charge in [-0.15, -0.1) is 0 Å². The highest BCUT2D eigenvalue weighted by Gasteiger charge is 2.10. The zero-order valence-electron chi connectivity index (χ0n) is 6.55. The Morgan fingerprint density at radius 3 is 2.36 bits per heavy atom. The number of nitrogens with zero attached hydrogens (tertiary/aromatic N) is 1. The van der Waals surface area contributed by atoms with E-state index in [1.165, 1.54) is 7.11 Å². The molecule has 0 heterocycles. The van der Waals surface area contributed by atoms with Crippen molar-refractivity contribution < 1.29 is 9.53 Å². The topological polar surface area (TPSA) is 76.1 Å². The van der Waals surface area contributed by atoms with Gasteiger partial charge in [-0.3, -0.25) is 4.79 Å². The second-order valence-corrected chi connectivity index (χ2v) is 1.83. The van der Waals surface area contributed by atoms with E-state index in [2.05, 4.69) is 0 Å². The highest BCUT2D eigenvalue weighted by atomic mass is 16.5. The van der Waals surface area contributed by atoms with Gasteiger partial charge in [-0.1, -0.05) is 6.92 Å². The van der Waals surface area contributed by atoms with Gasteiger partial charge in [0.05, 0.1) is 7.11 Å². The van der Waals surface area contributed by atoms with Gasteiger partial charge in [0.15, 0.2) is 5.57 Å². The molecule has 0 fully saturated rings. The number of nitriles is 1. The van der Waals surface area contributed by atoms with E-state index in [4.69, 9.17) is 15.7 Å². The number of carbonyl (C=O) groups is 1. The molecule has 4 nitrogen and oxygen atoms in total. The summed E-state index contributed by atoms with van der Waals surface area (Å²) in [6.07, 6.45) is 0.488. The molecule has 0 saturated heterocycles. The fourth-order valence-corrected chi connectivity index (χ4v) is 0.678. The molecule has 1 amide bonds. The van der Waals surface area contributed by atoms with Crippen LogP contribution in [0.4, 0.5) is 0 Å². The van der Waals surface area contributed by atoms with E-state index in [0.29, 0.717) is 12.2 Å². The Kier molecular flexibility index (Phi) is 3.75. The molecular formula is C7H10N2O2. The third-order valence-corrected chi connectivity index (χ3v) is 1.20. The van der Waals surface area contributed by atoms with Crippen molar-refractivity contribution in [3.8, 4) is 6.07 Å². The monoisotopic (exact) mass is 154 g/mol. The maximum absolute atomic E-state index is 10.6. The highest BCUT2D eigenvalue weighted by Crippen LogP contribution is 2.07. The van der Waals surface area contributed by atoms with Crippen LogP contribution in [0, 0.1) is 11.3 Å². The average Bonchev–Trinajstić information content (AvgIpc) is 1.99. The summed E-state index contributed by atoms with van der Waals surface area (Å²) in [6.45, 7) is 1.78. The number of ether oxygens (including phenoxy) is 1. The number of hydrogen-bond donors (Lipinski definition) is 1. The first-order valence-corrected chi connectivity index (χ1v) is 3.14. The first kappa shape index (κ1) is 9.50. The summed E-state index contributed by atoms with van der Waals surface area (Å²) in [7, 11) is 1.40. The number of hydrogen-bond acceptors (Lipinski definition) is 3. The molecule has 0 rings (SSSR count). The van der Waals surface area contributed by atoms with E-state index >= 15 is 0 Å². The van der Waals surface area contributed by atoms with E-state index in [-0.39, 0.29) is 5.57 Å². The van der Waals surface area contributed by atoms with Gasteiger partial charge in [0, 0.05) is 6.42 Å². The molecule has 0 unspecified atom stereocenters. The molecule has 0 aromatic rings. The smallest absolute Gasteiger partial charge is 0.262 e. The van der Waals surface area contributed by atoms with Crippen LogP contribution in [0.15, 0.2) is 11.3 Å². The van der Waals surface area contributed by atoms with E-state index in [0.717, 1.165) is 0 Å². The van der Waals surface area contributed by atoms with Gasteiger partial charge in [-0.05, 0) is 0 Å². The van der Waals surface area contributed by atoms with Crippen LogP contribution in [0.1, 0.15) is 13.3 Å². The molecule has 0 spiro atoms. The van der Waals surface area contributed by atoms with Crippen molar-refractivity contribution in [1.29, 1.82) is 5.26 Å². The van der Waals surface area contributed by atoms with Crippen molar-refractivity contribution in [3.05, 3.63) is 11.3 Å². The number of carbonyl (C=O) groups excluding carboxylic acids is 1. The van der Waals surface area contributed by atoms with Crippen molar-refractivity contribution in [3.63, 3.8) is 0 Å². The van der Waals surface area contributed by atoms with Crippen LogP contribution in [-0.4, -0.2) is 13.0 Å². The third kappa shape index (κ3) is 2.30. The Morgan fingerprint density at radius 1 is 1.73 bits per heavy atom. The molecule has 0 atom stereocenters. The molecule has 0 bridgehead atoms. The quantitative estimate of drug-likeness (QED) is 0.361. The van der Waals surface area contributed by atoms with E-state index in [1.807, 2.05) is 0 Å². The fraction of sp³-hybridized carbons (Fsp3) is 0.429. The first-order chi connectivity index (χ1) is 5.17. The molecule has 0 radical (unpaired) electrons. The first-order valence-electron chi connectivity index (χ1n) is 3.14. The molecule has 60 valence electrons. The maximum Gasteiger partial charge on any atom is 0.262 e. The Balaban J connectivity index is 4.82. The number of rotatable bonds is 3. The van der Waals surface area contributed by atoms with Gasteiger partial charge < -0.3 is 10.5 Å². The lowest BCUT2D eigenvalue weighted by molar-refractivity contribution is -0.114. The zero-order valence-corrected chi connectivity index (χ0v) is 6.55. The summed E-state index contributed by atoms with van der Waals surface area (Å²) in [5.74, 6) is -0.411. The van der Waals surface area contributed by atoms with Crippen molar-refractivity contribution in [1.82, 2.24) is 0 Å². The molecule has 0 aliphatic heterocycles. The highest BCUT2D eigenvalue weighted by molar-refractivity contribution is 5.96. The summed E-state index contributed by atoms with van der Waals surface area (Å²) in [4.78, 5) is 10.6. The molecule has 0 aliphatic carbocycles. The largest absolute Gasteiger partial charge is 0.500 e. The molecule has 11 heavy (non-hydrogen) atoms. The molecule has 0 saturated carbocycles. The molecular weight excluding hydrogens is 144 g/mol. The number of amides is 1. The van der Waals surface area contributed by atoms with Crippen molar-refractivity contribution in [2.75, 3.05) is 7.11 Å². The summed E-state index contributed by atoms with van der Waals surface area (Å²) >= 11 is 0. The lowest BCUT2D eigenvalue weighted by Crippen LogP contribution is -2.15. The summed E-state index contributed by atoms with van der Waals surface area (Å²) < 4.78 is 4.77. The summed E-state index contributed by atoms with van der Waals surface area (Å²) in [6, 6.07) is 1.68. The molecule has 4 heteroatoms. The zero-order chi connectivity index (χ0) is 8.85. The second kappa shape index (κ2) is 4.34. The van der Waals surface area contributed by atoms with Gasteiger partial charge in [-0.2, -0.15) is 5.26 Å². The van der Waals surface area contributed by atoms with E-state index in [1.54, 1.807) is 13.0 Å². The Labute approximate surface area is 65.2 Å². The van der Waals surface area contributed by atoms with Crippen LogP contribution in [-0.2, 0) is 9.53 Å². The number of primary amides is 1. The number of methoxy groups -OCH3 is 1. The van der Waals surface area contributed by atoms with Gasteiger partial charge in [0.1, 0.15) is 11.8 Å². The lowest BCUT2D eigenvalue weighted by atomic mass is 10.2. The minimum absolute atomic E-state index is 0.102. The summed E-state index contributed by atoms with van der Waals surface area (Å²) in [5, 5.41) is 8.44. The van der Waals surface area contributed by atoms with Crippen LogP contribution in [0.25, 0.3) is 0 Å². The van der Waals surface area contributed by atoms with Gasteiger partial charge in [-0.25, -0.2) is 0 Å². The average molecular weight is 154 g/mol. The third-order valence-electron chi connectivity index (χ3n) is 1.20. The van der Waals surface area contributed by atoms with Crippen LogP contribution in [0.2, 0.25) is 0 Å². The van der Waals surface area contributed by atoms with Crippen molar-refractivity contribution in [2.24, 2.45) is 5.73 Å². The van der Waals surface area contributed by atoms with Gasteiger partial charge in [0.2, 0.25) is 0 Å². The Bertz CT molecular complexity index is 219. The van der Waals surface area contributed by atoms with Crippen molar-refractivity contribution in [2.45, 2.75) is 13.3 Å². The Morgan fingerprint density at radius 2 is 2.27 bits per heavy atom. The minimum Gasteiger partial charge on any atom is -0.500 e. The Hall–Kier alpha value is -1.50. The molecule has 0 aliphatic rings. The normalized spacial score (nSPS) is 11.4. The standard InChI is InChI=1S/C7H10N2O2/c1-3-6(11-2)5(4-8)7(9)10/h3H2,1-2H3,(H2,9,10)/b6-5-. The van der Waals surface area contributed by atoms with Crippen LogP contribution in [0.5, 0.6) is 0 Å². The van der Waals surface area contributed by atoms with Crippen molar-refractivity contribution >= 4 is 5.91 Å². The number of nitrogens with two attached hydrogens (primary N) is 1. The molecule has 0 aromatic heterocycles. The van der Waals surface area contributed by atoms with Crippen LogP contribution in [0.3, 0.4) is 0 Å². The van der Waals surface area contributed by atoms with Gasteiger partial charge in [0.25, 0.3) is 5.91 Å². The SMILES string of the molecule is CC/C(OC)=C(\C#N)C(N)=O. The molecule has 0 aromatic carbocycles. The number of allylic oxidation sites excluding steroid dienone is 1. The van der Waals surface area contributed by atoms with Crippen LogP contribution < -0.4 is 5.73 Å². The van der Waals surface area contributed by atoms with Crippen LogP contribution >= 0.6 is 0 Å². The van der Waals surface area contributed by atoms with E-state index < -0.39 is 5.91 Å². The fourth-order valence-electron chi connectivity index (χ4n) is 0.678. The van der Waals surface area contributed by atoms with E-state index in [9.17, 15) is 4.79 Å². The molecule has 2 N–H and O–H groups in total. The predicted molar refractivity (Wildman–Crippen MR) is 39.1 cm³/mol. The predicted octanol–water partition coefficient (Wildman–Crippen LogP) is 0.306.